The van der Waals surface area contributed by atoms with Gasteiger partial charge in [0.2, 0.25) is 0 Å². The minimum Gasteiger partial charge on any atom is -0.383 e. The Balaban J connectivity index is 2.45. The summed E-state index contributed by atoms with van der Waals surface area (Å²) in [4.78, 5) is 2.35. The first-order valence-corrected chi connectivity index (χ1v) is 6.71. The molecule has 102 valence electrons. The van der Waals surface area contributed by atoms with E-state index >= 15 is 0 Å². The molecule has 0 aliphatic heterocycles. The van der Waals surface area contributed by atoms with E-state index in [1.54, 1.807) is 7.11 Å². The number of methoxy groups -OCH3 is 1. The molecular weight excluding hydrogens is 224 g/mol. The zero-order valence-corrected chi connectivity index (χ0v) is 11.9. The van der Waals surface area contributed by atoms with Crippen molar-refractivity contribution in [2.45, 2.75) is 25.9 Å². The quantitative estimate of drug-likeness (QED) is 0.680. The third-order valence-electron chi connectivity index (χ3n) is 3.06. The summed E-state index contributed by atoms with van der Waals surface area (Å²) in [5.74, 6) is 0. The average Bonchev–Trinajstić information content (AvgIpc) is 2.39. The summed E-state index contributed by atoms with van der Waals surface area (Å²) in [6.07, 6.45) is 1.17. The number of ether oxygens (including phenoxy) is 1. The number of hydrogen-bond donors (Lipinski definition) is 1. The van der Waals surface area contributed by atoms with Crippen LogP contribution in [0.25, 0.3) is 0 Å². The van der Waals surface area contributed by atoms with Gasteiger partial charge in [-0.2, -0.15) is 0 Å². The van der Waals surface area contributed by atoms with E-state index in [2.05, 4.69) is 54.5 Å². The molecule has 1 unspecified atom stereocenters. The molecule has 0 amide bonds. The van der Waals surface area contributed by atoms with Crippen LogP contribution in [0.4, 0.5) is 0 Å². The molecule has 3 heteroatoms. The van der Waals surface area contributed by atoms with E-state index < -0.39 is 0 Å². The van der Waals surface area contributed by atoms with Gasteiger partial charge in [0.15, 0.2) is 0 Å². The molecule has 18 heavy (non-hydrogen) atoms. The highest BCUT2D eigenvalue weighted by molar-refractivity contribution is 5.14. The lowest BCUT2D eigenvalue weighted by molar-refractivity contribution is 0.101. The van der Waals surface area contributed by atoms with Crippen LogP contribution in [0.1, 0.15) is 18.9 Å². The summed E-state index contributed by atoms with van der Waals surface area (Å²) in [5, 5.41) is 3.46. The Morgan fingerprint density at radius 2 is 2.00 bits per heavy atom. The highest BCUT2D eigenvalue weighted by atomic mass is 16.5. The van der Waals surface area contributed by atoms with Gasteiger partial charge in [-0.3, -0.25) is 4.90 Å². The monoisotopic (exact) mass is 250 g/mol. The summed E-state index contributed by atoms with van der Waals surface area (Å²) in [6, 6.07) is 11.0. The Hall–Kier alpha value is -0.900. The largest absolute Gasteiger partial charge is 0.383 e. The van der Waals surface area contributed by atoms with E-state index in [0.717, 1.165) is 26.2 Å². The van der Waals surface area contributed by atoms with E-state index in [4.69, 9.17) is 4.74 Å². The molecule has 0 spiro atoms. The maximum Gasteiger partial charge on any atom is 0.0630 e. The van der Waals surface area contributed by atoms with Gasteiger partial charge < -0.3 is 10.1 Å². The Morgan fingerprint density at radius 3 is 2.61 bits per heavy atom. The molecule has 0 saturated heterocycles. The first-order valence-electron chi connectivity index (χ1n) is 6.71. The molecule has 0 heterocycles. The number of nitrogens with zero attached hydrogens (tertiary/aromatic N) is 1. The van der Waals surface area contributed by atoms with E-state index in [-0.39, 0.29) is 0 Å². The van der Waals surface area contributed by atoms with Gasteiger partial charge in [-0.15, -0.1) is 0 Å². The second-order valence-corrected chi connectivity index (χ2v) is 4.71. The molecule has 1 aromatic rings. The molecule has 0 radical (unpaired) electrons. The third kappa shape index (κ3) is 5.63. The van der Waals surface area contributed by atoms with Crippen LogP contribution in [0.15, 0.2) is 30.3 Å². The van der Waals surface area contributed by atoms with Gasteiger partial charge in [0, 0.05) is 26.2 Å². The molecule has 0 aliphatic rings. The second-order valence-electron chi connectivity index (χ2n) is 4.71. The van der Waals surface area contributed by atoms with Crippen molar-refractivity contribution in [1.29, 1.82) is 0 Å². The lowest BCUT2D eigenvalue weighted by Gasteiger charge is -2.28. The van der Waals surface area contributed by atoms with Crippen molar-refractivity contribution in [2.75, 3.05) is 33.9 Å². The van der Waals surface area contributed by atoms with Crippen LogP contribution in [0.5, 0.6) is 0 Å². The molecule has 1 atom stereocenters. The van der Waals surface area contributed by atoms with Crippen LogP contribution in [0, 0.1) is 0 Å². The highest BCUT2D eigenvalue weighted by Crippen LogP contribution is 2.06. The molecule has 0 aliphatic carbocycles. The predicted octanol–water partition coefficient (Wildman–Crippen LogP) is 2.13. The summed E-state index contributed by atoms with van der Waals surface area (Å²) in [7, 11) is 3.92. The maximum atomic E-state index is 5.31. The van der Waals surface area contributed by atoms with Gasteiger partial charge in [-0.05, 0) is 25.6 Å². The van der Waals surface area contributed by atoms with Crippen molar-refractivity contribution in [3.63, 3.8) is 0 Å². The Labute approximate surface area is 111 Å². The maximum absolute atomic E-state index is 5.31. The summed E-state index contributed by atoms with van der Waals surface area (Å²) < 4.78 is 5.31. The number of hydrogen-bond acceptors (Lipinski definition) is 3. The molecule has 0 fully saturated rings. The summed E-state index contributed by atoms with van der Waals surface area (Å²) >= 11 is 0. The van der Waals surface area contributed by atoms with Crippen molar-refractivity contribution in [3.05, 3.63) is 35.9 Å². The molecule has 1 aromatic carbocycles. The van der Waals surface area contributed by atoms with Crippen LogP contribution in [0.2, 0.25) is 0 Å². The van der Waals surface area contributed by atoms with Gasteiger partial charge in [-0.1, -0.05) is 37.3 Å². The number of nitrogens with one attached hydrogen (secondary N) is 1. The minimum atomic E-state index is 0.418. The standard InChI is InChI=1S/C15H26N2O/c1-4-10-16-11-15(13-18-3)17(2)12-14-8-6-5-7-9-14/h5-9,15-16H,4,10-13H2,1-3H3. The smallest absolute Gasteiger partial charge is 0.0630 e. The average molecular weight is 250 g/mol. The Morgan fingerprint density at radius 1 is 1.28 bits per heavy atom. The molecule has 0 bridgehead atoms. The van der Waals surface area contributed by atoms with Crippen LogP contribution in [0.3, 0.4) is 0 Å². The molecular formula is C15H26N2O. The van der Waals surface area contributed by atoms with E-state index in [9.17, 15) is 0 Å². The molecule has 0 saturated carbocycles. The van der Waals surface area contributed by atoms with Crippen molar-refractivity contribution >= 4 is 0 Å². The number of benzene rings is 1. The van der Waals surface area contributed by atoms with Gasteiger partial charge in [-0.25, -0.2) is 0 Å². The Bertz CT molecular complexity index is 303. The molecule has 0 aromatic heterocycles. The van der Waals surface area contributed by atoms with Gasteiger partial charge >= 0.3 is 0 Å². The zero-order chi connectivity index (χ0) is 13.2. The fourth-order valence-electron chi connectivity index (χ4n) is 1.98. The Kier molecular flexibility index (Phi) is 7.65. The van der Waals surface area contributed by atoms with Crippen LogP contribution in [-0.4, -0.2) is 44.8 Å². The SMILES string of the molecule is CCCNCC(COC)N(C)Cc1ccccc1. The van der Waals surface area contributed by atoms with Crippen LogP contribution in [-0.2, 0) is 11.3 Å². The summed E-state index contributed by atoms with van der Waals surface area (Å²) in [6.45, 7) is 5.96. The second kappa shape index (κ2) is 9.09. The van der Waals surface area contributed by atoms with Gasteiger partial charge in [0.1, 0.15) is 0 Å². The van der Waals surface area contributed by atoms with E-state index in [1.165, 1.54) is 12.0 Å². The third-order valence-corrected chi connectivity index (χ3v) is 3.06. The molecule has 1 N–H and O–H groups in total. The normalized spacial score (nSPS) is 12.9. The van der Waals surface area contributed by atoms with Crippen LogP contribution >= 0.6 is 0 Å². The zero-order valence-electron chi connectivity index (χ0n) is 11.9. The minimum absolute atomic E-state index is 0.418. The fourth-order valence-corrected chi connectivity index (χ4v) is 1.98. The van der Waals surface area contributed by atoms with E-state index in [1.807, 2.05) is 0 Å². The predicted molar refractivity (Wildman–Crippen MR) is 76.7 cm³/mol. The van der Waals surface area contributed by atoms with Gasteiger partial charge in [0.25, 0.3) is 0 Å². The number of rotatable bonds is 9. The van der Waals surface area contributed by atoms with Crippen molar-refractivity contribution < 1.29 is 4.74 Å². The molecule has 1 rings (SSSR count). The number of likely N-dealkylation sites (N-methyl/N-ethyl adjacent to an activating group) is 1. The highest BCUT2D eigenvalue weighted by Gasteiger charge is 2.14. The first kappa shape index (κ1) is 15.2. The van der Waals surface area contributed by atoms with Crippen LogP contribution < -0.4 is 5.32 Å². The van der Waals surface area contributed by atoms with E-state index in [0.29, 0.717) is 6.04 Å². The lowest BCUT2D eigenvalue weighted by atomic mass is 10.2. The van der Waals surface area contributed by atoms with Gasteiger partial charge in [0.05, 0.1) is 6.61 Å². The first-order chi connectivity index (χ1) is 8.77. The summed E-state index contributed by atoms with van der Waals surface area (Å²) in [5.41, 5.74) is 1.34. The molecule has 3 nitrogen and oxygen atoms in total. The topological polar surface area (TPSA) is 24.5 Å². The van der Waals surface area contributed by atoms with Crippen molar-refractivity contribution in [2.24, 2.45) is 0 Å². The fraction of sp³-hybridized carbons (Fsp3) is 0.600. The lowest BCUT2D eigenvalue weighted by Crippen LogP contribution is -2.42. The van der Waals surface area contributed by atoms with Crippen molar-refractivity contribution in [1.82, 2.24) is 10.2 Å². The van der Waals surface area contributed by atoms with Crippen molar-refractivity contribution in [3.8, 4) is 0 Å².